The number of ether oxygens (including phenoxy) is 2. The van der Waals surface area contributed by atoms with Gasteiger partial charge in [0.2, 0.25) is 0 Å². The Morgan fingerprint density at radius 3 is 2.50 bits per heavy atom. The summed E-state index contributed by atoms with van der Waals surface area (Å²) in [6.07, 6.45) is -0.941. The van der Waals surface area contributed by atoms with Gasteiger partial charge in [-0.05, 0) is 26.1 Å². The van der Waals surface area contributed by atoms with Crippen molar-refractivity contribution in [3.05, 3.63) is 59.7 Å². The molecule has 5 atom stereocenters. The van der Waals surface area contributed by atoms with Gasteiger partial charge in [0.1, 0.15) is 12.3 Å². The lowest BCUT2D eigenvalue weighted by molar-refractivity contribution is -0.256. The minimum Gasteiger partial charge on any atom is -0.375 e. The molecule has 2 aromatic heterocycles. The van der Waals surface area contributed by atoms with Gasteiger partial charge in [0.15, 0.2) is 12.0 Å². The first-order valence-electron chi connectivity index (χ1n) is 12.4. The molecule has 0 unspecified atom stereocenters. The maximum Gasteiger partial charge on any atom is 0.254 e. The first kappa shape index (κ1) is 20.7. The molecule has 1 fully saturated rings. The number of carbonyl (C=O) groups is 1. The third-order valence-corrected chi connectivity index (χ3v) is 8.65. The van der Waals surface area contributed by atoms with Crippen LogP contribution in [0, 0.1) is 0 Å². The van der Waals surface area contributed by atoms with Crippen LogP contribution in [0.1, 0.15) is 41.7 Å². The zero-order valence-electron chi connectivity index (χ0n) is 20.2. The van der Waals surface area contributed by atoms with E-state index < -0.39 is 12.0 Å². The van der Waals surface area contributed by atoms with E-state index in [1.54, 1.807) is 7.11 Å². The molecule has 5 heterocycles. The van der Waals surface area contributed by atoms with Crippen molar-refractivity contribution in [3.63, 3.8) is 0 Å². The van der Waals surface area contributed by atoms with Crippen molar-refractivity contribution in [2.45, 2.75) is 43.7 Å². The van der Waals surface area contributed by atoms with Gasteiger partial charge in [-0.1, -0.05) is 36.4 Å². The molecular formula is C28H26N4O4. The van der Waals surface area contributed by atoms with E-state index in [4.69, 9.17) is 9.47 Å². The van der Waals surface area contributed by atoms with Crippen LogP contribution in [0.4, 0.5) is 0 Å². The summed E-state index contributed by atoms with van der Waals surface area (Å²) in [5.74, 6) is -0.249. The second-order valence-corrected chi connectivity index (χ2v) is 10.3. The molecule has 8 nitrogen and oxygen atoms in total. The van der Waals surface area contributed by atoms with E-state index in [9.17, 15) is 9.90 Å². The van der Waals surface area contributed by atoms with E-state index in [2.05, 4.69) is 51.0 Å². The van der Waals surface area contributed by atoms with Crippen LogP contribution in [0.3, 0.4) is 0 Å². The van der Waals surface area contributed by atoms with E-state index in [1.165, 1.54) is 0 Å². The predicted molar refractivity (Wildman–Crippen MR) is 137 cm³/mol. The van der Waals surface area contributed by atoms with Gasteiger partial charge in [-0.3, -0.25) is 4.79 Å². The van der Waals surface area contributed by atoms with Crippen molar-refractivity contribution in [2.24, 2.45) is 0 Å². The minimum absolute atomic E-state index is 0.0289. The molecule has 3 aliphatic heterocycles. The Labute approximate surface area is 206 Å². The Hall–Kier alpha value is -3.43. The Morgan fingerprint density at radius 1 is 1.08 bits per heavy atom. The van der Waals surface area contributed by atoms with E-state index in [0.29, 0.717) is 17.5 Å². The fourth-order valence-electron chi connectivity index (χ4n) is 7.38. The second-order valence-electron chi connectivity index (χ2n) is 10.3. The van der Waals surface area contributed by atoms with Gasteiger partial charge in [0.05, 0.1) is 27.6 Å². The van der Waals surface area contributed by atoms with Crippen LogP contribution >= 0.6 is 0 Å². The van der Waals surface area contributed by atoms with Crippen molar-refractivity contribution in [1.82, 2.24) is 19.8 Å². The molecule has 3 N–H and O–H groups in total. The topological polar surface area (TPSA) is 89.7 Å². The number of rotatable bonds is 2. The molecule has 1 saturated heterocycles. The van der Waals surface area contributed by atoms with Crippen molar-refractivity contribution >= 4 is 49.5 Å². The van der Waals surface area contributed by atoms with Crippen LogP contribution in [-0.2, 0) is 15.2 Å². The summed E-state index contributed by atoms with van der Waals surface area (Å²) in [6, 6.07) is 16.4. The molecule has 5 aromatic rings. The lowest BCUT2D eigenvalue weighted by Crippen LogP contribution is -2.59. The van der Waals surface area contributed by atoms with Gasteiger partial charge < -0.3 is 34.3 Å². The van der Waals surface area contributed by atoms with Crippen LogP contribution in [0.25, 0.3) is 43.6 Å². The van der Waals surface area contributed by atoms with Gasteiger partial charge in [-0.2, -0.15) is 0 Å². The Bertz CT molecular complexity index is 1790. The average molecular weight is 483 g/mol. The Balaban J connectivity index is 1.73. The van der Waals surface area contributed by atoms with Crippen molar-refractivity contribution in [1.29, 1.82) is 0 Å². The average Bonchev–Trinajstić information content (AvgIpc) is 3.48. The molecule has 8 rings (SSSR count). The van der Waals surface area contributed by atoms with Gasteiger partial charge in [-0.25, -0.2) is 0 Å². The summed E-state index contributed by atoms with van der Waals surface area (Å²) in [5.41, 5.74) is 4.25. The summed E-state index contributed by atoms with van der Waals surface area (Å²) in [7, 11) is 3.70. The standard InChI is InChI=1S/C28H26N4O4/c1-28-25(35-3)15(29-2)12-18(36-28)31-16-10-6-4-8-13(16)19-21-22(27(34)30-26(21)33)20-14-9-5-7-11-17(14)32(28)24(20)23(19)31/h4-11,15,18,25,27,29,34H,12H2,1-3H3,(H,30,33)/t15-,18-,25+,27-,28+/m0/s1. The first-order valence-corrected chi connectivity index (χ1v) is 12.4. The van der Waals surface area contributed by atoms with Crippen LogP contribution in [0.2, 0.25) is 0 Å². The fraction of sp³-hybridized carbons (Fsp3) is 0.321. The van der Waals surface area contributed by atoms with Crippen molar-refractivity contribution < 1.29 is 19.4 Å². The number of aromatic nitrogens is 2. The minimum atomic E-state index is -1.09. The normalized spacial score (nSPS) is 28.9. The highest BCUT2D eigenvalue weighted by Gasteiger charge is 2.53. The number of aliphatic hydroxyl groups excluding tert-OH is 1. The monoisotopic (exact) mass is 482 g/mol. The highest BCUT2D eigenvalue weighted by Crippen LogP contribution is 2.54. The van der Waals surface area contributed by atoms with Crippen LogP contribution in [-0.4, -0.2) is 46.5 Å². The van der Waals surface area contributed by atoms with Crippen molar-refractivity contribution in [2.75, 3.05) is 14.2 Å². The number of likely N-dealkylation sites (N-methyl/N-ethyl adjacent to an activating group) is 1. The molecular weight excluding hydrogens is 456 g/mol. The number of nitrogens with zero attached hydrogens (tertiary/aromatic N) is 2. The maximum atomic E-state index is 13.4. The third kappa shape index (κ3) is 2.15. The van der Waals surface area contributed by atoms with E-state index >= 15 is 0 Å². The van der Waals surface area contributed by atoms with Gasteiger partial charge in [0, 0.05) is 46.7 Å². The number of amides is 1. The van der Waals surface area contributed by atoms with E-state index in [0.717, 1.165) is 43.6 Å². The third-order valence-electron chi connectivity index (χ3n) is 8.65. The number of para-hydroxylation sites is 2. The molecule has 0 spiro atoms. The zero-order chi connectivity index (χ0) is 24.5. The fourth-order valence-corrected chi connectivity index (χ4v) is 7.38. The summed E-state index contributed by atoms with van der Waals surface area (Å²) < 4.78 is 17.7. The summed E-state index contributed by atoms with van der Waals surface area (Å²) in [5, 5.41) is 21.1. The smallest absolute Gasteiger partial charge is 0.254 e. The maximum absolute atomic E-state index is 13.4. The van der Waals surface area contributed by atoms with Crippen molar-refractivity contribution in [3.8, 4) is 0 Å². The number of aliphatic hydroxyl groups is 1. The van der Waals surface area contributed by atoms with E-state index in [-0.39, 0.29) is 24.3 Å². The lowest BCUT2D eigenvalue weighted by atomic mass is 9.93. The largest absolute Gasteiger partial charge is 0.375 e. The second kappa shape index (κ2) is 6.66. The Kier molecular flexibility index (Phi) is 3.83. The number of hydrogen-bond donors (Lipinski definition) is 3. The number of fused-ring (bicyclic) bond motifs is 13. The van der Waals surface area contributed by atoms with Crippen LogP contribution < -0.4 is 10.6 Å². The molecule has 0 radical (unpaired) electrons. The predicted octanol–water partition coefficient (Wildman–Crippen LogP) is 3.84. The van der Waals surface area contributed by atoms with Gasteiger partial charge in [-0.15, -0.1) is 0 Å². The molecule has 3 aromatic carbocycles. The van der Waals surface area contributed by atoms with Gasteiger partial charge in [0.25, 0.3) is 5.91 Å². The molecule has 2 bridgehead atoms. The quantitative estimate of drug-likeness (QED) is 0.356. The first-order chi connectivity index (χ1) is 17.5. The Morgan fingerprint density at radius 2 is 1.78 bits per heavy atom. The van der Waals surface area contributed by atoms with Crippen LogP contribution in [0.5, 0.6) is 0 Å². The summed E-state index contributed by atoms with van der Waals surface area (Å²) in [6.45, 7) is 2.09. The summed E-state index contributed by atoms with van der Waals surface area (Å²) >= 11 is 0. The number of nitrogens with one attached hydrogen (secondary N) is 2. The number of carbonyl (C=O) groups excluding carboxylic acids is 1. The summed E-state index contributed by atoms with van der Waals surface area (Å²) in [4.78, 5) is 13.4. The zero-order valence-corrected chi connectivity index (χ0v) is 20.2. The highest BCUT2D eigenvalue weighted by molar-refractivity contribution is 6.31. The number of methoxy groups -OCH3 is 1. The molecule has 0 aliphatic carbocycles. The number of hydrogen-bond acceptors (Lipinski definition) is 5. The van der Waals surface area contributed by atoms with Gasteiger partial charge >= 0.3 is 0 Å². The SMILES string of the molecule is CN[C@H]1C[C@@H]2O[C@](C)([C@@H]1OC)n1c3ccccc3c3c4c(c5c6ccccc6n2c5c31)C(=O)N[C@H]4O. The highest BCUT2D eigenvalue weighted by atomic mass is 16.6. The van der Waals surface area contributed by atoms with E-state index in [1.807, 2.05) is 31.3 Å². The molecule has 3 aliphatic rings. The molecule has 8 heteroatoms. The molecule has 0 saturated carbocycles. The molecule has 1 amide bonds. The molecule has 182 valence electrons. The molecule has 36 heavy (non-hydrogen) atoms. The number of benzene rings is 3. The van der Waals surface area contributed by atoms with Crippen LogP contribution in [0.15, 0.2) is 48.5 Å². The lowest BCUT2D eigenvalue weighted by Gasteiger charge is -2.48.